The first-order valence-electron chi connectivity index (χ1n) is 10.2. The molecule has 0 unspecified atom stereocenters. The highest BCUT2D eigenvalue weighted by molar-refractivity contribution is 5.91. The highest BCUT2D eigenvalue weighted by Gasteiger charge is 2.19. The van der Waals surface area contributed by atoms with E-state index in [0.717, 1.165) is 38.5 Å². The molecule has 0 spiro atoms. The number of piperazine rings is 1. The van der Waals surface area contributed by atoms with E-state index in [0.29, 0.717) is 11.6 Å². The largest absolute Gasteiger partial charge is 0.484 e. The lowest BCUT2D eigenvalue weighted by molar-refractivity contribution is -0.118. The predicted octanol–water partition coefficient (Wildman–Crippen LogP) is 2.96. The second kappa shape index (κ2) is 9.99. The van der Waals surface area contributed by atoms with Crippen molar-refractivity contribution in [1.82, 2.24) is 14.9 Å². The molecule has 1 fully saturated rings. The third-order valence-electron chi connectivity index (χ3n) is 5.05. The van der Waals surface area contributed by atoms with Crippen LogP contribution in [0.3, 0.4) is 0 Å². The quantitative estimate of drug-likeness (QED) is 0.633. The molecule has 8 heteroatoms. The van der Waals surface area contributed by atoms with Crippen LogP contribution in [0, 0.1) is 5.82 Å². The standard InChI is InChI=1S/C23H24FN5O2/c24-19-6-8-20(9-7-19)31-16-23(30)27-21-14-22(26-17-25-21)29-12-10-28(11-13-29)15-18-4-2-1-3-5-18/h1-9,14,17H,10-13,15-16H2,(H,25,26,27,30). The van der Waals surface area contributed by atoms with E-state index >= 15 is 0 Å². The van der Waals surface area contributed by atoms with Crippen LogP contribution in [0.2, 0.25) is 0 Å². The van der Waals surface area contributed by atoms with Crippen molar-refractivity contribution in [2.24, 2.45) is 0 Å². The summed E-state index contributed by atoms with van der Waals surface area (Å²) in [7, 11) is 0. The van der Waals surface area contributed by atoms with Crippen molar-refractivity contribution >= 4 is 17.5 Å². The lowest BCUT2D eigenvalue weighted by atomic mass is 10.2. The van der Waals surface area contributed by atoms with Gasteiger partial charge in [0, 0.05) is 38.8 Å². The van der Waals surface area contributed by atoms with Gasteiger partial charge in [-0.1, -0.05) is 30.3 Å². The van der Waals surface area contributed by atoms with Crippen molar-refractivity contribution in [2.75, 3.05) is 43.0 Å². The number of carbonyl (C=O) groups is 1. The molecule has 0 radical (unpaired) electrons. The molecule has 1 saturated heterocycles. The summed E-state index contributed by atoms with van der Waals surface area (Å²) in [4.78, 5) is 25.3. The number of anilines is 2. The van der Waals surface area contributed by atoms with Gasteiger partial charge in [0.1, 0.15) is 29.5 Å². The zero-order valence-corrected chi connectivity index (χ0v) is 17.1. The Morgan fingerprint density at radius 3 is 2.48 bits per heavy atom. The van der Waals surface area contributed by atoms with E-state index in [1.807, 2.05) is 6.07 Å². The number of halogens is 1. The first-order valence-corrected chi connectivity index (χ1v) is 10.2. The van der Waals surface area contributed by atoms with Gasteiger partial charge in [-0.3, -0.25) is 9.69 Å². The minimum atomic E-state index is -0.355. The predicted molar refractivity (Wildman–Crippen MR) is 116 cm³/mol. The normalized spacial score (nSPS) is 14.3. The molecule has 3 aromatic rings. The molecular weight excluding hydrogens is 397 g/mol. The van der Waals surface area contributed by atoms with E-state index in [1.165, 1.54) is 36.2 Å². The van der Waals surface area contributed by atoms with E-state index in [4.69, 9.17) is 4.74 Å². The first kappa shape index (κ1) is 20.7. The Balaban J connectivity index is 1.27. The van der Waals surface area contributed by atoms with Crippen molar-refractivity contribution in [3.63, 3.8) is 0 Å². The molecule has 0 atom stereocenters. The molecule has 1 aliphatic rings. The fourth-order valence-electron chi connectivity index (χ4n) is 3.42. The first-order chi connectivity index (χ1) is 15.2. The van der Waals surface area contributed by atoms with Gasteiger partial charge in [-0.2, -0.15) is 0 Å². The zero-order chi connectivity index (χ0) is 21.5. The van der Waals surface area contributed by atoms with Crippen LogP contribution in [0.25, 0.3) is 0 Å². The maximum atomic E-state index is 12.9. The molecule has 0 bridgehead atoms. The van der Waals surface area contributed by atoms with Gasteiger partial charge in [-0.05, 0) is 29.8 Å². The van der Waals surface area contributed by atoms with Crippen LogP contribution >= 0.6 is 0 Å². The Bertz CT molecular complexity index is 992. The van der Waals surface area contributed by atoms with Crippen molar-refractivity contribution in [3.8, 4) is 5.75 Å². The van der Waals surface area contributed by atoms with Crippen molar-refractivity contribution in [2.45, 2.75) is 6.54 Å². The van der Waals surface area contributed by atoms with Gasteiger partial charge in [-0.15, -0.1) is 0 Å². The lowest BCUT2D eigenvalue weighted by Crippen LogP contribution is -2.46. The number of amides is 1. The number of carbonyl (C=O) groups excluding carboxylic acids is 1. The molecule has 1 aromatic heterocycles. The number of nitrogens with one attached hydrogen (secondary N) is 1. The molecule has 2 aromatic carbocycles. The molecule has 1 amide bonds. The second-order valence-electron chi connectivity index (χ2n) is 7.30. The van der Waals surface area contributed by atoms with Crippen LogP contribution in [-0.2, 0) is 11.3 Å². The van der Waals surface area contributed by atoms with Gasteiger partial charge in [-0.25, -0.2) is 14.4 Å². The highest BCUT2D eigenvalue weighted by atomic mass is 19.1. The summed E-state index contributed by atoms with van der Waals surface area (Å²) in [5.74, 6) is 0.926. The SMILES string of the molecule is O=C(COc1ccc(F)cc1)Nc1cc(N2CCN(Cc3ccccc3)CC2)ncn1. The summed E-state index contributed by atoms with van der Waals surface area (Å²) in [6.07, 6.45) is 1.45. The van der Waals surface area contributed by atoms with Crippen LogP contribution in [0.4, 0.5) is 16.0 Å². The number of ether oxygens (including phenoxy) is 1. The summed E-state index contributed by atoms with van der Waals surface area (Å²) >= 11 is 0. The summed E-state index contributed by atoms with van der Waals surface area (Å²) < 4.78 is 18.3. The molecule has 2 heterocycles. The summed E-state index contributed by atoms with van der Waals surface area (Å²) in [6.45, 7) is 4.32. The van der Waals surface area contributed by atoms with Crippen molar-refractivity contribution < 1.29 is 13.9 Å². The van der Waals surface area contributed by atoms with Gasteiger partial charge >= 0.3 is 0 Å². The van der Waals surface area contributed by atoms with Crippen LogP contribution in [0.5, 0.6) is 5.75 Å². The average Bonchev–Trinajstić information content (AvgIpc) is 2.80. The minimum Gasteiger partial charge on any atom is -0.484 e. The average molecular weight is 421 g/mol. The molecule has 7 nitrogen and oxygen atoms in total. The molecular formula is C23H24FN5O2. The molecule has 1 aliphatic heterocycles. The Labute approximate surface area is 180 Å². The van der Waals surface area contributed by atoms with Gasteiger partial charge in [0.2, 0.25) is 0 Å². The van der Waals surface area contributed by atoms with Gasteiger partial charge in [0.15, 0.2) is 6.61 Å². The smallest absolute Gasteiger partial charge is 0.263 e. The Hall–Kier alpha value is -3.52. The second-order valence-corrected chi connectivity index (χ2v) is 7.30. The van der Waals surface area contributed by atoms with Crippen LogP contribution < -0.4 is 15.0 Å². The Morgan fingerprint density at radius 1 is 1.00 bits per heavy atom. The minimum absolute atomic E-state index is 0.191. The van der Waals surface area contributed by atoms with Crippen LogP contribution in [0.1, 0.15) is 5.56 Å². The fraction of sp³-hybridized carbons (Fsp3) is 0.261. The van der Waals surface area contributed by atoms with Crippen molar-refractivity contribution in [3.05, 3.63) is 78.4 Å². The van der Waals surface area contributed by atoms with E-state index < -0.39 is 0 Å². The third kappa shape index (κ3) is 5.99. The number of benzene rings is 2. The molecule has 1 N–H and O–H groups in total. The molecule has 4 rings (SSSR count). The Morgan fingerprint density at radius 2 is 1.74 bits per heavy atom. The Kier molecular flexibility index (Phi) is 6.68. The van der Waals surface area contributed by atoms with Crippen LogP contribution in [0.15, 0.2) is 67.0 Å². The highest BCUT2D eigenvalue weighted by Crippen LogP contribution is 2.17. The number of hydrogen-bond donors (Lipinski definition) is 1. The number of aromatic nitrogens is 2. The monoisotopic (exact) mass is 421 g/mol. The van der Waals surface area contributed by atoms with Gasteiger partial charge < -0.3 is 15.0 Å². The summed E-state index contributed by atoms with van der Waals surface area (Å²) in [6, 6.07) is 17.7. The van der Waals surface area contributed by atoms with E-state index in [1.54, 1.807) is 6.07 Å². The third-order valence-corrected chi connectivity index (χ3v) is 5.05. The number of hydrogen-bond acceptors (Lipinski definition) is 6. The molecule has 160 valence electrons. The van der Waals surface area contributed by atoms with Gasteiger partial charge in [0.05, 0.1) is 0 Å². The van der Waals surface area contributed by atoms with Gasteiger partial charge in [0.25, 0.3) is 5.91 Å². The maximum Gasteiger partial charge on any atom is 0.263 e. The number of nitrogens with zero attached hydrogens (tertiary/aromatic N) is 4. The van der Waals surface area contributed by atoms with E-state index in [2.05, 4.69) is 49.4 Å². The summed E-state index contributed by atoms with van der Waals surface area (Å²) in [5.41, 5.74) is 1.31. The van der Waals surface area contributed by atoms with E-state index in [9.17, 15) is 9.18 Å². The number of rotatable bonds is 7. The molecule has 0 aliphatic carbocycles. The van der Waals surface area contributed by atoms with Crippen LogP contribution in [-0.4, -0.2) is 53.6 Å². The molecule has 0 saturated carbocycles. The topological polar surface area (TPSA) is 70.6 Å². The lowest BCUT2D eigenvalue weighted by Gasteiger charge is -2.35. The summed E-state index contributed by atoms with van der Waals surface area (Å²) in [5, 5.41) is 2.72. The maximum absolute atomic E-state index is 12.9. The van der Waals surface area contributed by atoms with Crippen molar-refractivity contribution in [1.29, 1.82) is 0 Å². The van der Waals surface area contributed by atoms with E-state index in [-0.39, 0.29) is 18.3 Å². The fourth-order valence-corrected chi connectivity index (χ4v) is 3.42. The molecule has 31 heavy (non-hydrogen) atoms. The zero-order valence-electron chi connectivity index (χ0n) is 17.1.